The van der Waals surface area contributed by atoms with E-state index in [4.69, 9.17) is 9.47 Å². The molecule has 184 valence electrons. The van der Waals surface area contributed by atoms with Crippen molar-refractivity contribution in [3.8, 4) is 0 Å². The van der Waals surface area contributed by atoms with Crippen LogP contribution in [0.4, 0.5) is 4.79 Å². The number of aromatic nitrogens is 4. The molecule has 3 aromatic heterocycles. The number of nitrogens with zero attached hydrogens (tertiary/aromatic N) is 5. The number of fused-ring (bicyclic) bond motifs is 3. The molecule has 0 N–H and O–H groups in total. The maximum absolute atomic E-state index is 12.6. The lowest BCUT2D eigenvalue weighted by Gasteiger charge is -2.31. The molecule has 0 atom stereocenters. The zero-order valence-corrected chi connectivity index (χ0v) is 21.1. The summed E-state index contributed by atoms with van der Waals surface area (Å²) in [6.45, 7) is 2.89. The van der Waals surface area contributed by atoms with Crippen LogP contribution < -0.4 is 0 Å². The summed E-state index contributed by atoms with van der Waals surface area (Å²) in [6.07, 6.45) is 11.8. The Morgan fingerprint density at radius 1 is 1.09 bits per heavy atom. The van der Waals surface area contributed by atoms with E-state index in [1.807, 2.05) is 58.4 Å². The Kier molecular flexibility index (Phi) is 7.24. The molecule has 0 unspecified atom stereocenters. The van der Waals surface area contributed by atoms with Crippen molar-refractivity contribution in [1.29, 1.82) is 0 Å². The molecule has 1 fully saturated rings. The molecule has 35 heavy (non-hydrogen) atoms. The van der Waals surface area contributed by atoms with Crippen molar-refractivity contribution in [2.24, 2.45) is 0 Å². The Hall–Kier alpha value is -3.04. The molecule has 8 nitrogen and oxygen atoms in total. The van der Waals surface area contributed by atoms with Crippen molar-refractivity contribution in [3.05, 3.63) is 66.2 Å². The van der Waals surface area contributed by atoms with Crippen LogP contribution in [-0.2, 0) is 33.7 Å². The van der Waals surface area contributed by atoms with Gasteiger partial charge < -0.3 is 18.9 Å². The fourth-order valence-electron chi connectivity index (χ4n) is 4.57. The first kappa shape index (κ1) is 23.7. The lowest BCUT2D eigenvalue weighted by molar-refractivity contribution is 0.0868. The summed E-state index contributed by atoms with van der Waals surface area (Å²) < 4.78 is 15.7. The van der Waals surface area contributed by atoms with Crippen LogP contribution in [0.2, 0.25) is 0 Å². The average molecular weight is 495 g/mol. The number of ether oxygens (including phenoxy) is 2. The van der Waals surface area contributed by atoms with Crippen LogP contribution in [0.1, 0.15) is 30.0 Å². The third-order valence-corrected chi connectivity index (χ3v) is 7.50. The van der Waals surface area contributed by atoms with E-state index in [0.717, 1.165) is 47.6 Å². The summed E-state index contributed by atoms with van der Waals surface area (Å²) in [6, 6.07) is 11.9. The van der Waals surface area contributed by atoms with E-state index in [1.54, 1.807) is 0 Å². The number of likely N-dealkylation sites (tertiary alicyclic amines) is 1. The quantitative estimate of drug-likeness (QED) is 0.273. The molecule has 0 bridgehead atoms. The van der Waals surface area contributed by atoms with Crippen LogP contribution in [0.15, 0.2) is 55.0 Å². The maximum Gasteiger partial charge on any atom is 0.410 e. The first-order valence-electron chi connectivity index (χ1n) is 12.0. The minimum Gasteiger partial charge on any atom is -0.445 e. The molecule has 9 heteroatoms. The minimum atomic E-state index is -0.243. The molecule has 0 saturated carbocycles. The normalized spacial score (nSPS) is 14.9. The smallest absolute Gasteiger partial charge is 0.410 e. The van der Waals surface area contributed by atoms with Gasteiger partial charge in [-0.1, -0.05) is 30.3 Å². The maximum atomic E-state index is 12.6. The third-order valence-electron chi connectivity index (χ3n) is 6.52. The summed E-state index contributed by atoms with van der Waals surface area (Å²) >= 11 is 0. The van der Waals surface area contributed by atoms with Crippen molar-refractivity contribution in [2.45, 2.75) is 32.1 Å². The van der Waals surface area contributed by atoms with Gasteiger partial charge >= 0.3 is 6.09 Å². The van der Waals surface area contributed by atoms with E-state index >= 15 is 0 Å². The Bertz CT molecular complexity index is 1280. The highest BCUT2D eigenvalue weighted by Crippen LogP contribution is 2.31. The molecule has 4 heterocycles. The monoisotopic (exact) mass is 494 g/mol. The van der Waals surface area contributed by atoms with Gasteiger partial charge in [0.2, 0.25) is 0 Å². The first-order valence-corrected chi connectivity index (χ1v) is 14.2. The van der Waals surface area contributed by atoms with Gasteiger partial charge in [0, 0.05) is 37.1 Å². The van der Waals surface area contributed by atoms with Crippen molar-refractivity contribution < 1.29 is 14.3 Å². The number of carbonyl (C=O) groups excluding carboxylic acids is 1. The van der Waals surface area contributed by atoms with Gasteiger partial charge in [0.05, 0.1) is 30.8 Å². The molecule has 4 aromatic rings. The highest BCUT2D eigenvalue weighted by Gasteiger charge is 2.27. The predicted molar refractivity (Wildman–Crippen MR) is 139 cm³/mol. The van der Waals surface area contributed by atoms with Crippen LogP contribution in [0, 0.1) is 0 Å². The van der Waals surface area contributed by atoms with Crippen molar-refractivity contribution in [1.82, 2.24) is 23.8 Å². The van der Waals surface area contributed by atoms with Crippen molar-refractivity contribution in [3.63, 3.8) is 0 Å². The number of piperidine rings is 1. The largest absolute Gasteiger partial charge is 0.445 e. The zero-order valence-electron chi connectivity index (χ0n) is 20.3. The van der Waals surface area contributed by atoms with E-state index in [1.165, 1.54) is 5.69 Å². The van der Waals surface area contributed by atoms with Crippen LogP contribution in [-0.4, -0.2) is 67.9 Å². The van der Waals surface area contributed by atoms with E-state index < -0.39 is 0 Å². The molecule has 1 aromatic carbocycles. The molecule has 1 saturated heterocycles. The second-order valence-electron chi connectivity index (χ2n) is 9.16. The molecular weight excluding hydrogens is 462 g/mol. The number of rotatable bonds is 8. The molecule has 1 aliphatic heterocycles. The highest BCUT2D eigenvalue weighted by atomic mass is 32.2. The molecular formula is C26H32N5O3S+. The fourth-order valence-corrected chi connectivity index (χ4v) is 5.02. The number of imidazole rings is 1. The number of hydrogen-bond donors (Lipinski definition) is 0. The number of amides is 1. The second kappa shape index (κ2) is 10.7. The van der Waals surface area contributed by atoms with Gasteiger partial charge in [0.25, 0.3) is 0 Å². The minimum absolute atomic E-state index is 0.243. The summed E-state index contributed by atoms with van der Waals surface area (Å²) in [7, 11) is 0.379. The lowest BCUT2D eigenvalue weighted by Crippen LogP contribution is -2.38. The SMILES string of the molecule is C[S+](C)CCOCn1ccc2c1ncc1ncc(C3CCN(C(=O)OCc4ccccc4)CC3)n12. The first-order chi connectivity index (χ1) is 17.1. The Labute approximate surface area is 208 Å². The lowest BCUT2D eigenvalue weighted by atomic mass is 9.94. The van der Waals surface area contributed by atoms with Gasteiger partial charge in [0.15, 0.2) is 11.3 Å². The van der Waals surface area contributed by atoms with E-state index in [0.29, 0.717) is 43.2 Å². The van der Waals surface area contributed by atoms with Crippen LogP contribution in [0.5, 0.6) is 0 Å². The zero-order chi connectivity index (χ0) is 24.2. The van der Waals surface area contributed by atoms with Gasteiger partial charge in [-0.15, -0.1) is 0 Å². The van der Waals surface area contributed by atoms with Gasteiger partial charge in [-0.2, -0.15) is 0 Å². The third kappa shape index (κ3) is 5.31. The predicted octanol–water partition coefficient (Wildman–Crippen LogP) is 4.05. The second-order valence-corrected chi connectivity index (χ2v) is 11.5. The Morgan fingerprint density at radius 3 is 2.66 bits per heavy atom. The number of hydrogen-bond acceptors (Lipinski definition) is 5. The number of carbonyl (C=O) groups is 1. The van der Waals surface area contributed by atoms with E-state index in [9.17, 15) is 4.79 Å². The average Bonchev–Trinajstić information content (AvgIpc) is 3.50. The molecule has 0 spiro atoms. The number of benzene rings is 1. The molecule has 1 aliphatic rings. The summed E-state index contributed by atoms with van der Waals surface area (Å²) in [5.41, 5.74) is 4.94. The van der Waals surface area contributed by atoms with Gasteiger partial charge in [0.1, 0.15) is 19.1 Å². The Balaban J connectivity index is 1.24. The van der Waals surface area contributed by atoms with Crippen molar-refractivity contribution >= 4 is 33.8 Å². The van der Waals surface area contributed by atoms with Crippen LogP contribution in [0.25, 0.3) is 16.8 Å². The van der Waals surface area contributed by atoms with Crippen LogP contribution in [0.3, 0.4) is 0 Å². The van der Waals surface area contributed by atoms with E-state index in [2.05, 4.69) is 32.9 Å². The van der Waals surface area contributed by atoms with Crippen LogP contribution >= 0.6 is 0 Å². The summed E-state index contributed by atoms with van der Waals surface area (Å²) in [4.78, 5) is 23.6. The van der Waals surface area contributed by atoms with Crippen molar-refractivity contribution in [2.75, 3.05) is 38.0 Å². The summed E-state index contributed by atoms with van der Waals surface area (Å²) in [5.74, 6) is 1.39. The standard InChI is InChI=1S/C26H32N5O3S/c1-35(2)15-14-33-19-30-13-10-22-25(30)28-17-24-27-16-23(31(22)24)21-8-11-29(12-9-21)26(32)34-18-20-6-4-3-5-7-20/h3-7,10,13,16-17,21H,8-9,11-12,14-15,18-19H2,1-2H3/q+1. The van der Waals surface area contributed by atoms with Gasteiger partial charge in [-0.25, -0.2) is 14.8 Å². The molecule has 1 amide bonds. The fraction of sp³-hybridized carbons (Fsp3) is 0.423. The molecule has 5 rings (SSSR count). The summed E-state index contributed by atoms with van der Waals surface area (Å²) in [5, 5.41) is 0. The van der Waals surface area contributed by atoms with E-state index in [-0.39, 0.29) is 6.09 Å². The van der Waals surface area contributed by atoms with Gasteiger partial charge in [-0.05, 0) is 35.4 Å². The molecule has 0 aliphatic carbocycles. The Morgan fingerprint density at radius 2 is 1.89 bits per heavy atom. The van der Waals surface area contributed by atoms with Gasteiger partial charge in [-0.3, -0.25) is 4.40 Å². The topological polar surface area (TPSA) is 73.9 Å². The molecule has 0 radical (unpaired) electrons. The highest BCUT2D eigenvalue weighted by molar-refractivity contribution is 7.95.